The number of hydrogen-bond acceptors (Lipinski definition) is 3. The topological polar surface area (TPSA) is 46.9 Å². The van der Waals surface area contributed by atoms with Gasteiger partial charge in [0.05, 0.1) is 12.1 Å². The Labute approximate surface area is 128 Å². The lowest BCUT2D eigenvalue weighted by atomic mass is 9.71. The molecule has 2 unspecified atom stereocenters. The van der Waals surface area contributed by atoms with Crippen molar-refractivity contribution in [2.75, 3.05) is 13.1 Å². The number of rotatable bonds is 6. The standard InChI is InChI=1S/C17H29N3O/c1-5-13(2)20-10-8-15(19-20)11-16(21)17(3,4)14-7-6-9-18-12-14/h8,10,13-14,18H,5-7,9,11-12H2,1-4H3. The van der Waals surface area contributed by atoms with Gasteiger partial charge < -0.3 is 5.32 Å². The van der Waals surface area contributed by atoms with Crippen molar-refractivity contribution in [3.63, 3.8) is 0 Å². The Hall–Kier alpha value is -1.16. The molecule has 0 amide bonds. The Morgan fingerprint density at radius 1 is 1.57 bits per heavy atom. The Balaban J connectivity index is 2.01. The highest BCUT2D eigenvalue weighted by Gasteiger charge is 2.37. The van der Waals surface area contributed by atoms with Gasteiger partial charge in [-0.05, 0) is 51.3 Å². The fraction of sp³-hybridized carbons (Fsp3) is 0.765. The summed E-state index contributed by atoms with van der Waals surface area (Å²) in [5, 5.41) is 7.97. The molecule has 2 rings (SSSR count). The first-order valence-corrected chi connectivity index (χ1v) is 8.23. The van der Waals surface area contributed by atoms with E-state index in [4.69, 9.17) is 0 Å². The Kier molecular flexibility index (Phi) is 5.20. The van der Waals surface area contributed by atoms with Crippen LogP contribution in [0.25, 0.3) is 0 Å². The minimum atomic E-state index is -0.270. The van der Waals surface area contributed by atoms with Gasteiger partial charge in [0.25, 0.3) is 0 Å². The summed E-state index contributed by atoms with van der Waals surface area (Å²) in [7, 11) is 0. The summed E-state index contributed by atoms with van der Waals surface area (Å²) in [6, 6.07) is 2.38. The summed E-state index contributed by atoms with van der Waals surface area (Å²) in [5.74, 6) is 0.751. The lowest BCUT2D eigenvalue weighted by Gasteiger charge is -2.36. The second-order valence-corrected chi connectivity index (χ2v) is 6.91. The van der Waals surface area contributed by atoms with E-state index in [0.717, 1.165) is 31.6 Å². The van der Waals surface area contributed by atoms with E-state index in [1.54, 1.807) is 0 Å². The van der Waals surface area contributed by atoms with Crippen LogP contribution in [0.1, 0.15) is 58.7 Å². The van der Waals surface area contributed by atoms with Crippen LogP contribution >= 0.6 is 0 Å². The molecule has 1 aromatic rings. The van der Waals surface area contributed by atoms with Crippen LogP contribution in [-0.2, 0) is 11.2 Å². The Morgan fingerprint density at radius 2 is 2.33 bits per heavy atom. The maximum atomic E-state index is 12.7. The van der Waals surface area contributed by atoms with Crippen molar-refractivity contribution < 1.29 is 4.79 Å². The number of nitrogens with zero attached hydrogens (tertiary/aromatic N) is 2. The van der Waals surface area contributed by atoms with Crippen molar-refractivity contribution in [2.45, 2.75) is 59.4 Å². The van der Waals surface area contributed by atoms with E-state index in [-0.39, 0.29) is 5.41 Å². The molecule has 2 heterocycles. The highest BCUT2D eigenvalue weighted by molar-refractivity contribution is 5.86. The molecule has 1 saturated heterocycles. The third-order valence-electron chi connectivity index (χ3n) is 5.08. The Morgan fingerprint density at radius 3 is 2.95 bits per heavy atom. The molecule has 4 nitrogen and oxygen atoms in total. The molecule has 0 bridgehead atoms. The minimum Gasteiger partial charge on any atom is -0.316 e. The monoisotopic (exact) mass is 291 g/mol. The van der Waals surface area contributed by atoms with Gasteiger partial charge in [0.1, 0.15) is 5.78 Å². The normalized spacial score (nSPS) is 21.2. The minimum absolute atomic E-state index is 0.270. The summed E-state index contributed by atoms with van der Waals surface area (Å²) in [4.78, 5) is 12.7. The maximum Gasteiger partial charge on any atom is 0.144 e. The Bertz CT molecular complexity index is 472. The van der Waals surface area contributed by atoms with Crippen LogP contribution in [0.4, 0.5) is 0 Å². The number of ketones is 1. The molecular formula is C17H29N3O. The number of hydrogen-bond donors (Lipinski definition) is 1. The first-order valence-electron chi connectivity index (χ1n) is 8.23. The smallest absolute Gasteiger partial charge is 0.144 e. The third kappa shape index (κ3) is 3.73. The largest absolute Gasteiger partial charge is 0.316 e. The van der Waals surface area contributed by atoms with Crippen LogP contribution < -0.4 is 5.32 Å². The van der Waals surface area contributed by atoms with Crippen molar-refractivity contribution in [3.05, 3.63) is 18.0 Å². The lowest BCUT2D eigenvalue weighted by molar-refractivity contribution is -0.129. The first-order chi connectivity index (χ1) is 9.95. The third-order valence-corrected chi connectivity index (χ3v) is 5.08. The summed E-state index contributed by atoms with van der Waals surface area (Å²) in [6.45, 7) is 10.5. The van der Waals surface area contributed by atoms with Gasteiger partial charge in [-0.15, -0.1) is 0 Å². The van der Waals surface area contributed by atoms with E-state index in [1.807, 2.05) is 16.9 Å². The molecule has 118 valence electrons. The number of carbonyl (C=O) groups excluding carboxylic acids is 1. The molecule has 1 aliphatic rings. The summed E-state index contributed by atoms with van der Waals surface area (Å²) in [5.41, 5.74) is 0.630. The molecule has 1 fully saturated rings. The molecule has 0 spiro atoms. The summed E-state index contributed by atoms with van der Waals surface area (Å²) >= 11 is 0. The van der Waals surface area contributed by atoms with Crippen LogP contribution in [0.5, 0.6) is 0 Å². The van der Waals surface area contributed by atoms with E-state index in [0.29, 0.717) is 24.2 Å². The van der Waals surface area contributed by atoms with Crippen LogP contribution in [0, 0.1) is 11.3 Å². The predicted octanol–water partition coefficient (Wildman–Crippen LogP) is 2.99. The molecule has 0 saturated carbocycles. The van der Waals surface area contributed by atoms with Crippen LogP contribution in [0.15, 0.2) is 12.3 Å². The van der Waals surface area contributed by atoms with E-state index in [2.05, 4.69) is 38.1 Å². The predicted molar refractivity (Wildman–Crippen MR) is 85.3 cm³/mol. The zero-order valence-electron chi connectivity index (χ0n) is 13.9. The molecule has 0 radical (unpaired) electrons. The SMILES string of the molecule is CCC(C)n1ccc(CC(=O)C(C)(C)C2CCCNC2)n1. The van der Waals surface area contributed by atoms with Gasteiger partial charge in [0, 0.05) is 17.7 Å². The van der Waals surface area contributed by atoms with Gasteiger partial charge in [-0.25, -0.2) is 0 Å². The second kappa shape index (κ2) is 6.73. The fourth-order valence-corrected chi connectivity index (χ4v) is 2.99. The molecule has 0 aromatic carbocycles. The van der Waals surface area contributed by atoms with Crippen LogP contribution in [0.2, 0.25) is 0 Å². The number of nitrogens with one attached hydrogen (secondary N) is 1. The second-order valence-electron chi connectivity index (χ2n) is 6.91. The van der Waals surface area contributed by atoms with Crippen molar-refractivity contribution >= 4 is 5.78 Å². The molecule has 0 aliphatic carbocycles. The molecule has 21 heavy (non-hydrogen) atoms. The number of Topliss-reactive ketones (excluding diaryl/α,β-unsaturated/α-hetero) is 1. The fourth-order valence-electron chi connectivity index (χ4n) is 2.99. The summed E-state index contributed by atoms with van der Waals surface area (Å²) in [6.07, 6.45) is 5.81. The quantitative estimate of drug-likeness (QED) is 0.876. The van der Waals surface area contributed by atoms with E-state index < -0.39 is 0 Å². The van der Waals surface area contributed by atoms with E-state index in [1.165, 1.54) is 6.42 Å². The molecule has 1 N–H and O–H groups in total. The average Bonchev–Trinajstić information content (AvgIpc) is 2.95. The van der Waals surface area contributed by atoms with E-state index in [9.17, 15) is 4.79 Å². The van der Waals surface area contributed by atoms with Gasteiger partial charge in [0.2, 0.25) is 0 Å². The molecule has 4 heteroatoms. The average molecular weight is 291 g/mol. The van der Waals surface area contributed by atoms with Gasteiger partial charge in [-0.3, -0.25) is 9.48 Å². The van der Waals surface area contributed by atoms with Gasteiger partial charge >= 0.3 is 0 Å². The lowest BCUT2D eigenvalue weighted by Crippen LogP contribution is -2.43. The van der Waals surface area contributed by atoms with Gasteiger partial charge in [-0.2, -0.15) is 5.10 Å². The molecule has 1 aliphatic heterocycles. The van der Waals surface area contributed by atoms with Crippen molar-refractivity contribution in [2.24, 2.45) is 11.3 Å². The first kappa shape index (κ1) is 16.2. The van der Waals surface area contributed by atoms with Crippen LogP contribution in [-0.4, -0.2) is 28.7 Å². The maximum absolute atomic E-state index is 12.7. The van der Waals surface area contributed by atoms with Crippen LogP contribution in [0.3, 0.4) is 0 Å². The highest BCUT2D eigenvalue weighted by Crippen LogP contribution is 2.33. The number of carbonyl (C=O) groups is 1. The van der Waals surface area contributed by atoms with Crippen molar-refractivity contribution in [1.82, 2.24) is 15.1 Å². The highest BCUT2D eigenvalue weighted by atomic mass is 16.1. The number of aromatic nitrogens is 2. The molecule has 1 aromatic heterocycles. The van der Waals surface area contributed by atoms with E-state index >= 15 is 0 Å². The van der Waals surface area contributed by atoms with Crippen molar-refractivity contribution in [3.8, 4) is 0 Å². The molecular weight excluding hydrogens is 262 g/mol. The molecule has 2 atom stereocenters. The summed E-state index contributed by atoms with van der Waals surface area (Å²) < 4.78 is 1.97. The van der Waals surface area contributed by atoms with Gasteiger partial charge in [-0.1, -0.05) is 20.8 Å². The number of piperidine rings is 1. The zero-order chi connectivity index (χ0) is 15.5. The van der Waals surface area contributed by atoms with Gasteiger partial charge in [0.15, 0.2) is 0 Å². The van der Waals surface area contributed by atoms with Crippen molar-refractivity contribution in [1.29, 1.82) is 0 Å². The zero-order valence-corrected chi connectivity index (χ0v) is 13.9.